The smallest absolute Gasteiger partial charge is 0.143 e. The molecule has 3 aromatic heterocycles. The largest absolute Gasteiger partial charge is 0.391 e. The van der Waals surface area contributed by atoms with Gasteiger partial charge in [0.2, 0.25) is 0 Å². The molecule has 130 valence electrons. The van der Waals surface area contributed by atoms with Gasteiger partial charge in [-0.1, -0.05) is 11.6 Å². The second-order valence-electron chi connectivity index (χ2n) is 6.27. The van der Waals surface area contributed by atoms with Gasteiger partial charge in [0.25, 0.3) is 0 Å². The lowest BCUT2D eigenvalue weighted by atomic mass is 10.1. The Balaban J connectivity index is 1.42. The van der Waals surface area contributed by atoms with Gasteiger partial charge in [0.05, 0.1) is 23.4 Å². The predicted molar refractivity (Wildman–Crippen MR) is 92.5 cm³/mol. The number of aliphatic hydroxyl groups excluding tert-OH is 1. The van der Waals surface area contributed by atoms with E-state index in [0.29, 0.717) is 23.2 Å². The quantitative estimate of drug-likeness (QED) is 0.721. The van der Waals surface area contributed by atoms with Gasteiger partial charge in [-0.25, -0.2) is 15.0 Å². The highest BCUT2D eigenvalue weighted by molar-refractivity contribution is 6.30. The van der Waals surface area contributed by atoms with E-state index in [9.17, 15) is 5.11 Å². The minimum absolute atomic E-state index is 0.0541. The third-order valence-corrected chi connectivity index (χ3v) is 4.62. The van der Waals surface area contributed by atoms with Crippen LogP contribution in [0.4, 0.5) is 5.82 Å². The maximum absolute atomic E-state index is 10.4. The highest BCUT2D eigenvalue weighted by Crippen LogP contribution is 2.29. The third-order valence-electron chi connectivity index (χ3n) is 4.43. The lowest BCUT2D eigenvalue weighted by Crippen LogP contribution is -2.28. The van der Waals surface area contributed by atoms with Gasteiger partial charge in [0.1, 0.15) is 24.3 Å². The van der Waals surface area contributed by atoms with E-state index in [0.717, 1.165) is 18.8 Å². The molecule has 1 aliphatic rings. The molecule has 3 heterocycles. The van der Waals surface area contributed by atoms with Crippen molar-refractivity contribution in [2.75, 3.05) is 5.32 Å². The van der Waals surface area contributed by atoms with Gasteiger partial charge in [-0.2, -0.15) is 5.10 Å². The van der Waals surface area contributed by atoms with Crippen molar-refractivity contribution in [3.05, 3.63) is 48.5 Å². The highest BCUT2D eigenvalue weighted by atomic mass is 35.5. The fourth-order valence-electron chi connectivity index (χ4n) is 3.28. The van der Waals surface area contributed by atoms with Crippen LogP contribution in [-0.4, -0.2) is 46.6 Å². The second-order valence-corrected chi connectivity index (χ2v) is 6.70. The summed E-state index contributed by atoms with van der Waals surface area (Å²) in [5.41, 5.74) is 0. The van der Waals surface area contributed by atoms with Crippen molar-refractivity contribution in [2.24, 2.45) is 5.92 Å². The normalized spacial score (nSPS) is 23.0. The minimum atomic E-state index is -0.428. The van der Waals surface area contributed by atoms with Crippen molar-refractivity contribution in [2.45, 2.75) is 31.5 Å². The molecule has 25 heavy (non-hydrogen) atoms. The SMILES string of the molecule is O[C@@H]1CC(Cn2cc(Cl)cn2)C[C@H]1Nc1cc(-n2ccnc2)ncn1. The summed E-state index contributed by atoms with van der Waals surface area (Å²) in [6, 6.07) is 1.79. The number of anilines is 1. The Morgan fingerprint density at radius 2 is 2.24 bits per heavy atom. The lowest BCUT2D eigenvalue weighted by Gasteiger charge is -2.17. The van der Waals surface area contributed by atoms with Crippen LogP contribution in [0.2, 0.25) is 5.02 Å². The van der Waals surface area contributed by atoms with Gasteiger partial charge in [-0.05, 0) is 18.8 Å². The van der Waals surface area contributed by atoms with E-state index in [2.05, 4.69) is 25.4 Å². The van der Waals surface area contributed by atoms with Crippen LogP contribution in [0.15, 0.2) is 43.5 Å². The average Bonchev–Trinajstić information content (AvgIpc) is 3.32. The fourth-order valence-corrected chi connectivity index (χ4v) is 3.43. The predicted octanol–water partition coefficient (Wildman–Crippen LogP) is 1.76. The summed E-state index contributed by atoms with van der Waals surface area (Å²) in [6.45, 7) is 0.742. The molecular weight excluding hydrogens is 342 g/mol. The zero-order chi connectivity index (χ0) is 17.2. The standard InChI is InChI=1S/C16H18ClN7O/c17-12-6-21-24(8-12)7-11-3-13(14(25)4-11)22-15-5-16(20-9-19-15)23-2-1-18-10-23/h1-2,5-6,8-11,13-14,25H,3-4,7H2,(H,19,20,22)/t11?,13-,14-/m1/s1. The molecular formula is C16H18ClN7O. The van der Waals surface area contributed by atoms with Crippen LogP contribution in [0.1, 0.15) is 12.8 Å². The van der Waals surface area contributed by atoms with Crippen molar-refractivity contribution in [1.82, 2.24) is 29.3 Å². The Bertz CT molecular complexity index is 835. The van der Waals surface area contributed by atoms with Crippen LogP contribution in [0.25, 0.3) is 5.82 Å². The molecule has 0 spiro atoms. The number of aromatic nitrogens is 6. The summed E-state index contributed by atoms with van der Waals surface area (Å²) in [5.74, 6) is 1.74. The van der Waals surface area contributed by atoms with Crippen molar-refractivity contribution < 1.29 is 5.11 Å². The molecule has 8 nitrogen and oxygen atoms in total. The number of hydrogen-bond donors (Lipinski definition) is 2. The molecule has 1 saturated carbocycles. The van der Waals surface area contributed by atoms with Gasteiger partial charge in [-0.15, -0.1) is 0 Å². The zero-order valence-electron chi connectivity index (χ0n) is 13.4. The monoisotopic (exact) mass is 359 g/mol. The second kappa shape index (κ2) is 6.81. The van der Waals surface area contributed by atoms with Crippen LogP contribution in [0.5, 0.6) is 0 Å². The third kappa shape index (κ3) is 3.64. The van der Waals surface area contributed by atoms with E-state index in [1.54, 1.807) is 24.9 Å². The maximum atomic E-state index is 10.4. The van der Waals surface area contributed by atoms with Crippen molar-refractivity contribution in [3.8, 4) is 5.82 Å². The first-order valence-electron chi connectivity index (χ1n) is 8.10. The Kier molecular flexibility index (Phi) is 4.37. The average molecular weight is 360 g/mol. The van der Waals surface area contributed by atoms with Crippen LogP contribution in [0, 0.1) is 5.92 Å². The number of nitrogens with one attached hydrogen (secondary N) is 1. The first-order valence-corrected chi connectivity index (χ1v) is 8.48. The van der Waals surface area contributed by atoms with E-state index >= 15 is 0 Å². The molecule has 4 rings (SSSR count). The summed E-state index contributed by atoms with van der Waals surface area (Å²) < 4.78 is 3.63. The molecule has 9 heteroatoms. The van der Waals surface area contributed by atoms with E-state index in [1.165, 1.54) is 6.33 Å². The molecule has 0 saturated heterocycles. The Labute approximate surface area is 149 Å². The van der Waals surface area contributed by atoms with Crippen LogP contribution in [-0.2, 0) is 6.54 Å². The van der Waals surface area contributed by atoms with Gasteiger partial charge in [-0.3, -0.25) is 9.25 Å². The molecule has 3 atom stereocenters. The lowest BCUT2D eigenvalue weighted by molar-refractivity contribution is 0.166. The molecule has 1 fully saturated rings. The van der Waals surface area contributed by atoms with Crippen LogP contribution >= 0.6 is 11.6 Å². The molecule has 0 aliphatic heterocycles. The minimum Gasteiger partial charge on any atom is -0.391 e. The number of nitrogens with zero attached hydrogens (tertiary/aromatic N) is 6. The van der Waals surface area contributed by atoms with Gasteiger partial charge in [0.15, 0.2) is 0 Å². The van der Waals surface area contributed by atoms with Gasteiger partial charge in [0, 0.05) is 31.2 Å². The Morgan fingerprint density at radius 3 is 3.00 bits per heavy atom. The van der Waals surface area contributed by atoms with E-state index in [1.807, 2.05) is 21.5 Å². The highest BCUT2D eigenvalue weighted by Gasteiger charge is 2.33. The number of hydrogen-bond acceptors (Lipinski definition) is 6. The first kappa shape index (κ1) is 16.0. The Hall–Kier alpha value is -2.45. The molecule has 0 bridgehead atoms. The van der Waals surface area contributed by atoms with Gasteiger partial charge < -0.3 is 10.4 Å². The number of rotatable bonds is 5. The topological polar surface area (TPSA) is 93.7 Å². The van der Waals surface area contributed by atoms with Crippen molar-refractivity contribution in [3.63, 3.8) is 0 Å². The molecule has 0 amide bonds. The van der Waals surface area contributed by atoms with Gasteiger partial charge >= 0.3 is 0 Å². The van der Waals surface area contributed by atoms with E-state index in [4.69, 9.17) is 11.6 Å². The van der Waals surface area contributed by atoms with E-state index < -0.39 is 6.10 Å². The summed E-state index contributed by atoms with van der Waals surface area (Å²) in [4.78, 5) is 12.5. The molecule has 3 aromatic rings. The van der Waals surface area contributed by atoms with Crippen LogP contribution < -0.4 is 5.32 Å². The van der Waals surface area contributed by atoms with Crippen molar-refractivity contribution >= 4 is 17.4 Å². The molecule has 1 unspecified atom stereocenters. The van der Waals surface area contributed by atoms with Crippen LogP contribution in [0.3, 0.4) is 0 Å². The fraction of sp³-hybridized carbons (Fsp3) is 0.375. The first-order chi connectivity index (χ1) is 12.2. The zero-order valence-corrected chi connectivity index (χ0v) is 14.2. The van der Waals surface area contributed by atoms with Crippen molar-refractivity contribution in [1.29, 1.82) is 0 Å². The number of aliphatic hydroxyl groups is 1. The number of halogens is 1. The summed E-state index contributed by atoms with van der Waals surface area (Å²) in [7, 11) is 0. The summed E-state index contributed by atoms with van der Waals surface area (Å²) >= 11 is 5.90. The molecule has 1 aliphatic carbocycles. The summed E-state index contributed by atoms with van der Waals surface area (Å²) in [5, 5.41) is 18.5. The summed E-state index contributed by atoms with van der Waals surface area (Å²) in [6.07, 6.45) is 11.3. The molecule has 2 N–H and O–H groups in total. The molecule has 0 aromatic carbocycles. The number of imidazole rings is 1. The van der Waals surface area contributed by atoms with E-state index in [-0.39, 0.29) is 6.04 Å². The molecule has 0 radical (unpaired) electrons. The maximum Gasteiger partial charge on any atom is 0.143 e. The Morgan fingerprint density at radius 1 is 1.32 bits per heavy atom.